The monoisotopic (exact) mass is 328 g/mol. The fraction of sp³-hybridized carbons (Fsp3) is 0.0667. The van der Waals surface area contributed by atoms with Crippen molar-refractivity contribution in [1.82, 2.24) is 0 Å². The second-order valence-corrected chi connectivity index (χ2v) is 6.26. The molecule has 2 rings (SSSR count). The van der Waals surface area contributed by atoms with Crippen molar-refractivity contribution in [2.45, 2.75) is 5.51 Å². The quantitative estimate of drug-likeness (QED) is 0.928. The maximum absolute atomic E-state index is 12.3. The number of hydrogen-bond donors (Lipinski definition) is 1. The number of benzene rings is 2. The summed E-state index contributed by atoms with van der Waals surface area (Å²) in [4.78, 5) is 0. The normalized spacial score (nSPS) is 12.7. The highest BCUT2D eigenvalue weighted by Crippen LogP contribution is 2.29. The lowest BCUT2D eigenvalue weighted by atomic mass is 10.0. The lowest BCUT2D eigenvalue weighted by Gasteiger charge is -2.06. The van der Waals surface area contributed by atoms with Gasteiger partial charge in [0.25, 0.3) is 9.84 Å². The predicted octanol–water partition coefficient (Wildman–Crippen LogP) is 3.96. The van der Waals surface area contributed by atoms with Crippen LogP contribution in [0.4, 0.5) is 13.2 Å². The molecule has 2 aromatic rings. The molecule has 0 radical (unpaired) electrons. The average molecular weight is 328 g/mol. The summed E-state index contributed by atoms with van der Waals surface area (Å²) in [6, 6.07) is 13.2. The lowest BCUT2D eigenvalue weighted by Crippen LogP contribution is -2.20. The summed E-state index contributed by atoms with van der Waals surface area (Å²) in [6.45, 7) is 0. The first kappa shape index (κ1) is 16.1. The van der Waals surface area contributed by atoms with Gasteiger partial charge in [-0.3, -0.25) is 0 Å². The van der Waals surface area contributed by atoms with Crippen LogP contribution in [-0.2, 0) is 9.84 Å². The van der Waals surface area contributed by atoms with Crippen LogP contribution in [0.3, 0.4) is 0 Å². The molecule has 0 saturated carbocycles. The summed E-state index contributed by atoms with van der Waals surface area (Å²) in [5.41, 5.74) is -3.96. The zero-order valence-electron chi connectivity index (χ0n) is 11.1. The number of alkyl halides is 3. The van der Waals surface area contributed by atoms with Crippen molar-refractivity contribution in [3.05, 3.63) is 59.5 Å². The van der Waals surface area contributed by atoms with E-state index >= 15 is 0 Å². The van der Waals surface area contributed by atoms with Crippen molar-refractivity contribution >= 4 is 15.9 Å². The molecule has 0 aliphatic rings. The second-order valence-electron chi connectivity index (χ2n) is 4.43. The Kier molecular flexibility index (Phi) is 4.27. The average Bonchev–Trinajstić information content (AvgIpc) is 2.46. The zero-order valence-corrected chi connectivity index (χ0v) is 11.9. The van der Waals surface area contributed by atoms with E-state index in [1.165, 1.54) is 12.1 Å². The number of rotatable bonds is 3. The van der Waals surface area contributed by atoms with Gasteiger partial charge in [-0.2, -0.15) is 13.2 Å². The maximum Gasteiger partial charge on any atom is 0.501 e. The molecule has 3 nitrogen and oxygen atoms in total. The summed E-state index contributed by atoms with van der Waals surface area (Å²) in [5, 5.41) is 9.69. The highest BCUT2D eigenvalue weighted by molar-refractivity contribution is 7.95. The van der Waals surface area contributed by atoms with Crippen LogP contribution in [0, 0.1) is 0 Å². The van der Waals surface area contributed by atoms with Crippen LogP contribution >= 0.6 is 0 Å². The molecule has 0 saturated heterocycles. The minimum Gasteiger partial charge on any atom is -0.507 e. The third kappa shape index (κ3) is 3.48. The predicted molar refractivity (Wildman–Crippen MR) is 77.6 cm³/mol. The van der Waals surface area contributed by atoms with Crippen LogP contribution < -0.4 is 0 Å². The first-order valence-electron chi connectivity index (χ1n) is 6.08. The van der Waals surface area contributed by atoms with Gasteiger partial charge >= 0.3 is 5.51 Å². The minimum atomic E-state index is -5.38. The maximum atomic E-state index is 12.3. The minimum absolute atomic E-state index is 0.0193. The molecule has 0 unspecified atom stereocenters. The molecule has 0 bridgehead atoms. The summed E-state index contributed by atoms with van der Waals surface area (Å²) in [6.07, 6.45) is 0.727. The van der Waals surface area contributed by atoms with Gasteiger partial charge in [0.05, 0.1) is 0 Å². The largest absolute Gasteiger partial charge is 0.507 e. The number of phenolic OH excluding ortho intramolecular Hbond substituents is 1. The van der Waals surface area contributed by atoms with Crippen molar-refractivity contribution in [3.8, 4) is 16.9 Å². The topological polar surface area (TPSA) is 54.4 Å². The van der Waals surface area contributed by atoms with Crippen LogP contribution in [0.25, 0.3) is 17.2 Å². The molecule has 116 valence electrons. The van der Waals surface area contributed by atoms with Gasteiger partial charge in [-0.15, -0.1) is 0 Å². The van der Waals surface area contributed by atoms with Crippen molar-refractivity contribution in [2.24, 2.45) is 0 Å². The number of phenols is 1. The van der Waals surface area contributed by atoms with Gasteiger partial charge in [-0.25, -0.2) is 8.42 Å². The van der Waals surface area contributed by atoms with E-state index in [9.17, 15) is 26.7 Å². The van der Waals surface area contributed by atoms with Crippen molar-refractivity contribution in [1.29, 1.82) is 0 Å². The van der Waals surface area contributed by atoms with Crippen molar-refractivity contribution in [3.63, 3.8) is 0 Å². The van der Waals surface area contributed by atoms with E-state index in [1.54, 1.807) is 36.4 Å². The van der Waals surface area contributed by atoms with E-state index in [-0.39, 0.29) is 16.7 Å². The Morgan fingerprint density at radius 3 is 2.18 bits per heavy atom. The standard InChI is InChI=1S/C15H11F3O3S/c16-15(17,18)22(20,21)9-8-13-10-12(6-7-14(13)19)11-4-2-1-3-5-11/h1-10,19H/b9-8+. The van der Waals surface area contributed by atoms with Crippen molar-refractivity contribution in [2.75, 3.05) is 0 Å². The molecular weight excluding hydrogens is 317 g/mol. The molecule has 7 heteroatoms. The van der Waals surface area contributed by atoms with Crippen LogP contribution in [-0.4, -0.2) is 19.0 Å². The Balaban J connectivity index is 2.41. The highest BCUT2D eigenvalue weighted by atomic mass is 32.2. The SMILES string of the molecule is O=S(=O)(/C=C/c1cc(-c2ccccc2)ccc1O)C(F)(F)F. The number of hydrogen-bond acceptors (Lipinski definition) is 3. The van der Waals surface area contributed by atoms with Crippen LogP contribution in [0.2, 0.25) is 0 Å². The molecule has 0 heterocycles. The van der Waals surface area contributed by atoms with E-state index in [2.05, 4.69) is 0 Å². The Bertz CT molecular complexity index is 795. The van der Waals surface area contributed by atoms with Crippen LogP contribution in [0.1, 0.15) is 5.56 Å². The van der Waals surface area contributed by atoms with Crippen LogP contribution in [0.5, 0.6) is 5.75 Å². The number of aromatic hydroxyl groups is 1. The molecule has 0 aromatic heterocycles. The fourth-order valence-corrected chi connectivity index (χ4v) is 2.22. The van der Waals surface area contributed by atoms with Gasteiger partial charge in [0.15, 0.2) is 0 Å². The van der Waals surface area contributed by atoms with Gasteiger partial charge in [0, 0.05) is 11.0 Å². The second kappa shape index (κ2) is 5.84. The fourth-order valence-electron chi connectivity index (χ4n) is 1.74. The summed E-state index contributed by atoms with van der Waals surface area (Å²) >= 11 is 0. The molecule has 2 aromatic carbocycles. The van der Waals surface area contributed by atoms with Crippen LogP contribution in [0.15, 0.2) is 53.9 Å². The van der Waals surface area contributed by atoms with E-state index < -0.39 is 15.3 Å². The Morgan fingerprint density at radius 2 is 1.59 bits per heavy atom. The summed E-state index contributed by atoms with van der Waals surface area (Å²) in [7, 11) is -5.38. The molecule has 1 N–H and O–H groups in total. The molecular formula is C15H11F3O3S. The highest BCUT2D eigenvalue weighted by Gasteiger charge is 2.43. The summed E-state index contributed by atoms with van der Waals surface area (Å²) in [5.74, 6) is -0.312. The van der Waals surface area contributed by atoms with E-state index in [0.29, 0.717) is 5.56 Å². The molecule has 0 fully saturated rings. The van der Waals surface area contributed by atoms with E-state index in [1.807, 2.05) is 0 Å². The van der Waals surface area contributed by atoms with Gasteiger partial charge < -0.3 is 5.11 Å². The molecule has 0 atom stereocenters. The Labute approximate surface area is 125 Å². The number of halogens is 3. The van der Waals surface area contributed by atoms with Gasteiger partial charge in [0.2, 0.25) is 0 Å². The zero-order chi connectivity index (χ0) is 16.4. The molecule has 0 amide bonds. The lowest BCUT2D eigenvalue weighted by molar-refractivity contribution is -0.0423. The Morgan fingerprint density at radius 1 is 0.955 bits per heavy atom. The molecule has 0 aliphatic heterocycles. The van der Waals surface area contributed by atoms with E-state index in [4.69, 9.17) is 0 Å². The smallest absolute Gasteiger partial charge is 0.501 e. The molecule has 22 heavy (non-hydrogen) atoms. The van der Waals surface area contributed by atoms with Gasteiger partial charge in [-0.1, -0.05) is 36.4 Å². The van der Waals surface area contributed by atoms with E-state index in [0.717, 1.165) is 11.6 Å². The third-order valence-corrected chi connectivity index (χ3v) is 4.02. The number of sulfone groups is 1. The van der Waals surface area contributed by atoms with Gasteiger partial charge in [0.1, 0.15) is 5.75 Å². The molecule has 0 spiro atoms. The Hall–Kier alpha value is -2.28. The van der Waals surface area contributed by atoms with Gasteiger partial charge in [-0.05, 0) is 29.3 Å². The van der Waals surface area contributed by atoms with Crippen molar-refractivity contribution < 1.29 is 26.7 Å². The molecule has 0 aliphatic carbocycles. The third-order valence-electron chi connectivity index (χ3n) is 2.88. The summed E-state index contributed by atoms with van der Waals surface area (Å²) < 4.78 is 58.8. The first-order chi connectivity index (χ1) is 10.2. The first-order valence-corrected chi connectivity index (χ1v) is 7.63.